The highest BCUT2D eigenvalue weighted by atomic mass is 32.1. The first-order chi connectivity index (χ1) is 14.1. The van der Waals surface area contributed by atoms with E-state index in [2.05, 4.69) is 10.3 Å². The summed E-state index contributed by atoms with van der Waals surface area (Å²) < 4.78 is 7.42. The van der Waals surface area contributed by atoms with E-state index in [-0.39, 0.29) is 11.5 Å². The molecular weight excluding hydrogens is 386 g/mol. The number of nitrogens with one attached hydrogen (secondary N) is 2. The molecule has 0 atom stereocenters. The number of anilines is 1. The van der Waals surface area contributed by atoms with Crippen molar-refractivity contribution in [3.8, 4) is 5.75 Å². The summed E-state index contributed by atoms with van der Waals surface area (Å²) in [6.07, 6.45) is 2.81. The summed E-state index contributed by atoms with van der Waals surface area (Å²) in [4.78, 5) is 27.8. The minimum Gasteiger partial charge on any atom is -0.494 e. The van der Waals surface area contributed by atoms with E-state index in [0.717, 1.165) is 36.2 Å². The van der Waals surface area contributed by atoms with Crippen LogP contribution in [0.4, 0.5) is 5.69 Å². The highest BCUT2D eigenvalue weighted by Gasteiger charge is 2.06. The van der Waals surface area contributed by atoms with E-state index in [1.807, 2.05) is 49.4 Å². The number of para-hydroxylation sites is 1. The minimum atomic E-state index is -0.0717. The molecule has 29 heavy (non-hydrogen) atoms. The van der Waals surface area contributed by atoms with E-state index in [0.29, 0.717) is 29.7 Å². The lowest BCUT2D eigenvalue weighted by molar-refractivity contribution is -0.116. The number of rotatable bonds is 9. The van der Waals surface area contributed by atoms with E-state index in [9.17, 15) is 9.59 Å². The van der Waals surface area contributed by atoms with Gasteiger partial charge in [-0.3, -0.25) is 14.2 Å². The van der Waals surface area contributed by atoms with Crippen molar-refractivity contribution in [2.45, 2.75) is 39.2 Å². The number of hydrogen-bond acceptors (Lipinski definition) is 4. The summed E-state index contributed by atoms with van der Waals surface area (Å²) in [6.45, 7) is 3.08. The normalized spacial score (nSPS) is 10.8. The van der Waals surface area contributed by atoms with Gasteiger partial charge in [0.2, 0.25) is 5.91 Å². The summed E-state index contributed by atoms with van der Waals surface area (Å²) >= 11 is 5.32. The van der Waals surface area contributed by atoms with E-state index in [1.54, 1.807) is 10.6 Å². The Morgan fingerprint density at radius 1 is 1.10 bits per heavy atom. The van der Waals surface area contributed by atoms with Crippen LogP contribution in [0.15, 0.2) is 53.3 Å². The van der Waals surface area contributed by atoms with Gasteiger partial charge < -0.3 is 15.0 Å². The Bertz CT molecular complexity index is 1090. The molecule has 0 unspecified atom stereocenters. The van der Waals surface area contributed by atoms with Gasteiger partial charge in [0.15, 0.2) is 4.77 Å². The number of aromatic nitrogens is 2. The van der Waals surface area contributed by atoms with Crippen LogP contribution in [0.5, 0.6) is 5.75 Å². The number of carbonyl (C=O) groups is 1. The van der Waals surface area contributed by atoms with Crippen molar-refractivity contribution in [1.29, 1.82) is 0 Å². The Balaban J connectivity index is 1.45. The maximum absolute atomic E-state index is 12.6. The van der Waals surface area contributed by atoms with Crippen LogP contribution in [0.3, 0.4) is 0 Å². The topological polar surface area (TPSA) is 76.1 Å². The quantitative estimate of drug-likeness (QED) is 0.397. The molecule has 7 heteroatoms. The van der Waals surface area contributed by atoms with Crippen LogP contribution >= 0.6 is 12.2 Å². The molecule has 3 aromatic rings. The van der Waals surface area contributed by atoms with E-state index < -0.39 is 0 Å². The minimum absolute atomic E-state index is 0.0191. The average Bonchev–Trinajstić information content (AvgIpc) is 2.71. The number of amides is 1. The monoisotopic (exact) mass is 411 g/mol. The highest BCUT2D eigenvalue weighted by Crippen LogP contribution is 2.16. The van der Waals surface area contributed by atoms with Crippen LogP contribution in [0, 0.1) is 4.77 Å². The number of aromatic amines is 1. The Hall–Kier alpha value is -2.93. The molecular formula is C22H25N3O3S. The molecule has 3 rings (SSSR count). The predicted octanol–water partition coefficient (Wildman–Crippen LogP) is 4.66. The first-order valence-corrected chi connectivity index (χ1v) is 10.2. The smallest absolute Gasteiger partial charge is 0.262 e. The van der Waals surface area contributed by atoms with Crippen molar-refractivity contribution in [3.05, 3.63) is 63.7 Å². The first kappa shape index (κ1) is 20.8. The first-order valence-electron chi connectivity index (χ1n) is 9.83. The molecule has 6 nitrogen and oxygen atoms in total. The number of unbranched alkanes of at least 4 members (excludes halogenated alkanes) is 2. The molecule has 0 spiro atoms. The molecule has 1 amide bonds. The van der Waals surface area contributed by atoms with Gasteiger partial charge in [-0.05, 0) is 68.4 Å². The highest BCUT2D eigenvalue weighted by molar-refractivity contribution is 7.71. The molecule has 0 fully saturated rings. The zero-order chi connectivity index (χ0) is 20.6. The second kappa shape index (κ2) is 10.0. The lowest BCUT2D eigenvalue weighted by Crippen LogP contribution is -2.22. The third kappa shape index (κ3) is 5.54. The van der Waals surface area contributed by atoms with Crippen LogP contribution in [0.1, 0.15) is 32.6 Å². The number of hydrogen-bond donors (Lipinski definition) is 2. The molecule has 2 N–H and O–H groups in total. The summed E-state index contributed by atoms with van der Waals surface area (Å²) in [6, 6.07) is 14.7. The summed E-state index contributed by atoms with van der Waals surface area (Å²) in [5.41, 5.74) is 1.44. The van der Waals surface area contributed by atoms with Crippen molar-refractivity contribution in [2.24, 2.45) is 0 Å². The van der Waals surface area contributed by atoms with E-state index >= 15 is 0 Å². The number of fused-ring (bicyclic) bond motifs is 1. The number of ether oxygens (including phenoxy) is 1. The summed E-state index contributed by atoms with van der Waals surface area (Å²) in [5.74, 6) is 0.766. The molecule has 2 aromatic carbocycles. The van der Waals surface area contributed by atoms with Gasteiger partial charge in [-0.15, -0.1) is 0 Å². The Morgan fingerprint density at radius 2 is 1.86 bits per heavy atom. The average molecular weight is 412 g/mol. The molecule has 0 bridgehead atoms. The molecule has 1 heterocycles. The van der Waals surface area contributed by atoms with Crippen LogP contribution in [0.2, 0.25) is 0 Å². The van der Waals surface area contributed by atoms with Crippen molar-refractivity contribution < 1.29 is 9.53 Å². The van der Waals surface area contributed by atoms with Gasteiger partial charge >= 0.3 is 0 Å². The molecule has 0 radical (unpaired) electrons. The largest absolute Gasteiger partial charge is 0.494 e. The number of carbonyl (C=O) groups excluding carboxylic acids is 1. The third-order valence-corrected chi connectivity index (χ3v) is 4.95. The molecule has 152 valence electrons. The van der Waals surface area contributed by atoms with Crippen molar-refractivity contribution in [2.75, 3.05) is 11.9 Å². The van der Waals surface area contributed by atoms with Gasteiger partial charge in [0.1, 0.15) is 5.75 Å². The number of nitrogens with zero attached hydrogens (tertiary/aromatic N) is 1. The van der Waals surface area contributed by atoms with Crippen molar-refractivity contribution in [1.82, 2.24) is 9.55 Å². The maximum Gasteiger partial charge on any atom is 0.262 e. The van der Waals surface area contributed by atoms with Gasteiger partial charge in [0.25, 0.3) is 5.56 Å². The Labute approximate surface area is 174 Å². The van der Waals surface area contributed by atoms with E-state index in [4.69, 9.17) is 17.0 Å². The standard InChI is InChI=1S/C22H25N3O3S/c1-2-28-17-13-11-16(12-14-17)23-20(26)10-4-3-7-15-25-21(27)18-8-5-6-9-19(18)24-22(25)29/h5-6,8-9,11-14H,2-4,7,10,15H2,1H3,(H,23,26)(H,24,29). The molecule has 0 aliphatic heterocycles. The molecule has 0 aliphatic rings. The second-order valence-corrected chi connectivity index (χ2v) is 7.14. The van der Waals surface area contributed by atoms with Gasteiger partial charge in [-0.1, -0.05) is 18.6 Å². The zero-order valence-electron chi connectivity index (χ0n) is 16.4. The number of benzene rings is 2. The van der Waals surface area contributed by atoms with Crippen LogP contribution in [-0.2, 0) is 11.3 Å². The second-order valence-electron chi connectivity index (χ2n) is 6.75. The lowest BCUT2D eigenvalue weighted by atomic mass is 10.2. The molecule has 0 saturated heterocycles. The summed E-state index contributed by atoms with van der Waals surface area (Å²) in [7, 11) is 0. The lowest BCUT2D eigenvalue weighted by Gasteiger charge is -2.09. The molecule has 0 aliphatic carbocycles. The van der Waals surface area contributed by atoms with Gasteiger partial charge in [-0.2, -0.15) is 0 Å². The van der Waals surface area contributed by atoms with Crippen LogP contribution < -0.4 is 15.6 Å². The zero-order valence-corrected chi connectivity index (χ0v) is 17.3. The molecule has 0 saturated carbocycles. The van der Waals surface area contributed by atoms with Gasteiger partial charge in [0.05, 0.1) is 17.5 Å². The van der Waals surface area contributed by atoms with Gasteiger partial charge in [-0.25, -0.2) is 0 Å². The molecule has 1 aromatic heterocycles. The summed E-state index contributed by atoms with van der Waals surface area (Å²) in [5, 5.41) is 3.52. The predicted molar refractivity (Wildman–Crippen MR) is 118 cm³/mol. The fourth-order valence-corrected chi connectivity index (χ4v) is 3.44. The Kier molecular flexibility index (Phi) is 7.19. The third-order valence-electron chi connectivity index (χ3n) is 4.62. The van der Waals surface area contributed by atoms with Crippen LogP contribution in [0.25, 0.3) is 10.9 Å². The SMILES string of the molecule is CCOc1ccc(NC(=O)CCCCCn2c(=S)[nH]c3ccccc3c2=O)cc1. The van der Waals surface area contributed by atoms with Gasteiger partial charge in [0, 0.05) is 18.7 Å². The number of H-pyrrole nitrogens is 1. The van der Waals surface area contributed by atoms with E-state index in [1.165, 1.54) is 0 Å². The van der Waals surface area contributed by atoms with Crippen molar-refractivity contribution in [3.63, 3.8) is 0 Å². The van der Waals surface area contributed by atoms with Crippen molar-refractivity contribution >= 4 is 34.7 Å². The van der Waals surface area contributed by atoms with Crippen LogP contribution in [-0.4, -0.2) is 22.1 Å². The fourth-order valence-electron chi connectivity index (χ4n) is 3.16. The fraction of sp³-hybridized carbons (Fsp3) is 0.318. The maximum atomic E-state index is 12.6. The Morgan fingerprint density at radius 3 is 2.62 bits per heavy atom.